The first-order chi connectivity index (χ1) is 14.0. The Hall–Kier alpha value is -3.26. The molecule has 1 aliphatic rings. The number of fused-ring (bicyclic) bond motifs is 1. The molecule has 1 amide bonds. The molecule has 0 bridgehead atoms. The summed E-state index contributed by atoms with van der Waals surface area (Å²) in [4.78, 5) is 17.7. The Bertz CT molecular complexity index is 1210. The lowest BCUT2D eigenvalue weighted by molar-refractivity contribution is 0.0827. The van der Waals surface area contributed by atoms with Gasteiger partial charge in [-0.2, -0.15) is 4.98 Å². The van der Waals surface area contributed by atoms with Gasteiger partial charge in [-0.25, -0.2) is 8.91 Å². The number of halogens is 1. The number of thiophene rings is 1. The first-order valence-corrected chi connectivity index (χ1v) is 10.2. The van der Waals surface area contributed by atoms with Crippen LogP contribution in [0.15, 0.2) is 54.0 Å². The SMILES string of the molecule is Nc1nc2ccc(-c3csc(C(=O)NC4(c5ccc(F)cc5)CCC4)c3)cn2n1. The molecule has 5 rings (SSSR count). The third-order valence-corrected chi connectivity index (χ3v) is 6.39. The van der Waals surface area contributed by atoms with E-state index in [4.69, 9.17) is 5.73 Å². The molecule has 1 aromatic carbocycles. The zero-order chi connectivity index (χ0) is 20.0. The topological polar surface area (TPSA) is 85.3 Å². The molecule has 3 aromatic heterocycles. The van der Waals surface area contributed by atoms with Crippen LogP contribution in [0.5, 0.6) is 0 Å². The van der Waals surface area contributed by atoms with Crippen molar-refractivity contribution >= 4 is 28.8 Å². The molecule has 4 aromatic rings. The van der Waals surface area contributed by atoms with Crippen LogP contribution in [-0.2, 0) is 5.54 Å². The highest BCUT2D eigenvalue weighted by Crippen LogP contribution is 2.41. The third kappa shape index (κ3) is 3.15. The van der Waals surface area contributed by atoms with E-state index < -0.39 is 5.54 Å². The molecule has 1 aliphatic carbocycles. The molecule has 3 heterocycles. The number of aromatic nitrogens is 3. The number of nitrogens with two attached hydrogens (primary N) is 1. The minimum absolute atomic E-state index is 0.114. The highest BCUT2D eigenvalue weighted by atomic mass is 32.1. The number of hydrogen-bond acceptors (Lipinski definition) is 5. The molecule has 0 unspecified atom stereocenters. The Kier molecular flexibility index (Phi) is 4.09. The minimum Gasteiger partial charge on any atom is -0.366 e. The average molecular weight is 407 g/mol. The largest absolute Gasteiger partial charge is 0.366 e. The number of carbonyl (C=O) groups is 1. The van der Waals surface area contributed by atoms with Crippen LogP contribution in [0.1, 0.15) is 34.5 Å². The summed E-state index contributed by atoms with van der Waals surface area (Å²) in [6.07, 6.45) is 4.59. The second kappa shape index (κ2) is 6.66. The number of hydrogen-bond donors (Lipinski definition) is 2. The van der Waals surface area contributed by atoms with E-state index in [9.17, 15) is 9.18 Å². The fourth-order valence-corrected chi connectivity index (χ4v) is 4.55. The van der Waals surface area contributed by atoms with Gasteiger partial charge in [0.15, 0.2) is 5.65 Å². The summed E-state index contributed by atoms with van der Waals surface area (Å²) in [5.74, 6) is -0.168. The maximum Gasteiger partial charge on any atom is 0.262 e. The molecular formula is C21H18FN5OS. The zero-order valence-electron chi connectivity index (χ0n) is 15.4. The van der Waals surface area contributed by atoms with Gasteiger partial charge in [-0.3, -0.25) is 4.79 Å². The molecule has 0 saturated heterocycles. The predicted octanol–water partition coefficient (Wildman–Crippen LogP) is 3.99. The number of rotatable bonds is 4. The van der Waals surface area contributed by atoms with Crippen molar-refractivity contribution < 1.29 is 9.18 Å². The van der Waals surface area contributed by atoms with Crippen molar-refractivity contribution in [3.05, 3.63) is 70.3 Å². The Balaban J connectivity index is 1.39. The number of amides is 1. The van der Waals surface area contributed by atoms with Crippen LogP contribution in [0.25, 0.3) is 16.8 Å². The van der Waals surface area contributed by atoms with E-state index in [1.807, 2.05) is 29.8 Å². The van der Waals surface area contributed by atoms with Crippen molar-refractivity contribution in [3.63, 3.8) is 0 Å². The smallest absolute Gasteiger partial charge is 0.262 e. The molecule has 0 aliphatic heterocycles. The molecule has 146 valence electrons. The van der Waals surface area contributed by atoms with E-state index in [1.165, 1.54) is 23.5 Å². The summed E-state index contributed by atoms with van der Waals surface area (Å²) in [6, 6.07) is 12.0. The van der Waals surface area contributed by atoms with Crippen molar-refractivity contribution in [1.82, 2.24) is 19.9 Å². The monoisotopic (exact) mass is 407 g/mol. The van der Waals surface area contributed by atoms with Crippen molar-refractivity contribution in [3.8, 4) is 11.1 Å². The summed E-state index contributed by atoms with van der Waals surface area (Å²) in [5.41, 5.74) is 8.71. The van der Waals surface area contributed by atoms with Crippen LogP contribution in [0.3, 0.4) is 0 Å². The van der Waals surface area contributed by atoms with Crippen molar-refractivity contribution in [2.75, 3.05) is 5.73 Å². The summed E-state index contributed by atoms with van der Waals surface area (Å²) in [7, 11) is 0. The van der Waals surface area contributed by atoms with Gasteiger partial charge in [0.1, 0.15) is 5.82 Å². The number of nitrogens with one attached hydrogen (secondary N) is 1. The molecule has 0 atom stereocenters. The predicted molar refractivity (Wildman–Crippen MR) is 110 cm³/mol. The van der Waals surface area contributed by atoms with Gasteiger partial charge in [0, 0.05) is 11.8 Å². The van der Waals surface area contributed by atoms with E-state index in [2.05, 4.69) is 15.4 Å². The lowest BCUT2D eigenvalue weighted by Crippen LogP contribution is -2.50. The molecular weight excluding hydrogens is 389 g/mol. The second-order valence-corrected chi connectivity index (χ2v) is 8.20. The molecule has 29 heavy (non-hydrogen) atoms. The zero-order valence-corrected chi connectivity index (χ0v) is 16.2. The Morgan fingerprint density at radius 1 is 1.17 bits per heavy atom. The summed E-state index contributed by atoms with van der Waals surface area (Å²) >= 11 is 1.39. The van der Waals surface area contributed by atoms with Crippen LogP contribution in [0, 0.1) is 5.82 Å². The van der Waals surface area contributed by atoms with Gasteiger partial charge in [0.2, 0.25) is 5.95 Å². The molecule has 1 fully saturated rings. The van der Waals surface area contributed by atoms with Crippen molar-refractivity contribution in [1.29, 1.82) is 0 Å². The van der Waals surface area contributed by atoms with Gasteiger partial charge in [0.25, 0.3) is 5.91 Å². The summed E-state index contributed by atoms with van der Waals surface area (Å²) in [5, 5.41) is 9.26. The van der Waals surface area contributed by atoms with Crippen LogP contribution in [0.4, 0.5) is 10.3 Å². The van der Waals surface area contributed by atoms with Gasteiger partial charge < -0.3 is 11.1 Å². The number of benzene rings is 1. The first-order valence-electron chi connectivity index (χ1n) is 9.32. The Morgan fingerprint density at radius 3 is 2.69 bits per heavy atom. The van der Waals surface area contributed by atoms with Gasteiger partial charge in [-0.05, 0) is 66.1 Å². The first kappa shape index (κ1) is 17.8. The number of nitrogen functional groups attached to an aromatic ring is 1. The van der Waals surface area contributed by atoms with Gasteiger partial charge >= 0.3 is 0 Å². The average Bonchev–Trinajstić information content (AvgIpc) is 3.30. The van der Waals surface area contributed by atoms with Crippen LogP contribution in [0.2, 0.25) is 0 Å². The highest BCUT2D eigenvalue weighted by molar-refractivity contribution is 7.12. The minimum atomic E-state index is -0.411. The highest BCUT2D eigenvalue weighted by Gasteiger charge is 2.40. The molecule has 0 spiro atoms. The van der Waals surface area contributed by atoms with Crippen LogP contribution >= 0.6 is 11.3 Å². The maximum atomic E-state index is 13.3. The lowest BCUT2D eigenvalue weighted by atomic mass is 9.71. The molecule has 6 nitrogen and oxygen atoms in total. The molecule has 3 N–H and O–H groups in total. The Labute approximate surface area is 170 Å². The standard InChI is InChI=1S/C21H18FN5OS/c22-16-5-3-15(4-6-16)21(8-1-9-21)25-19(28)17-10-14(12-29-17)13-2-7-18-24-20(23)26-27(18)11-13/h2-7,10-12H,1,8-9H2,(H2,23,26)(H,25,28). The number of nitrogens with zero attached hydrogens (tertiary/aromatic N) is 3. The van der Waals surface area contributed by atoms with Crippen LogP contribution < -0.4 is 11.1 Å². The van der Waals surface area contributed by atoms with Crippen LogP contribution in [-0.4, -0.2) is 20.5 Å². The van der Waals surface area contributed by atoms with E-state index >= 15 is 0 Å². The fraction of sp³-hybridized carbons (Fsp3) is 0.190. The maximum absolute atomic E-state index is 13.3. The fourth-order valence-electron chi connectivity index (χ4n) is 3.74. The number of carbonyl (C=O) groups excluding carboxylic acids is 1. The summed E-state index contributed by atoms with van der Waals surface area (Å²) < 4.78 is 14.9. The van der Waals surface area contributed by atoms with Gasteiger partial charge in [0.05, 0.1) is 10.4 Å². The molecule has 1 saturated carbocycles. The molecule has 0 radical (unpaired) electrons. The third-order valence-electron chi connectivity index (χ3n) is 5.46. The van der Waals surface area contributed by atoms with E-state index in [1.54, 1.807) is 16.6 Å². The second-order valence-electron chi connectivity index (χ2n) is 7.29. The van der Waals surface area contributed by atoms with Gasteiger partial charge in [-0.15, -0.1) is 16.4 Å². The van der Waals surface area contributed by atoms with Gasteiger partial charge in [-0.1, -0.05) is 12.1 Å². The number of anilines is 1. The summed E-state index contributed by atoms with van der Waals surface area (Å²) in [6.45, 7) is 0. The van der Waals surface area contributed by atoms with Crippen molar-refractivity contribution in [2.24, 2.45) is 0 Å². The normalized spacial score (nSPS) is 15.2. The van der Waals surface area contributed by atoms with E-state index in [-0.39, 0.29) is 17.7 Å². The number of pyridine rings is 1. The molecule has 8 heteroatoms. The lowest BCUT2D eigenvalue weighted by Gasteiger charge is -2.43. The van der Waals surface area contributed by atoms with E-state index in [0.29, 0.717) is 10.5 Å². The Morgan fingerprint density at radius 2 is 1.97 bits per heavy atom. The van der Waals surface area contributed by atoms with Crippen molar-refractivity contribution in [2.45, 2.75) is 24.8 Å². The van der Waals surface area contributed by atoms with E-state index in [0.717, 1.165) is 36.0 Å². The quantitative estimate of drug-likeness (QED) is 0.536.